The van der Waals surface area contributed by atoms with Crippen molar-refractivity contribution in [1.29, 1.82) is 0 Å². The average Bonchev–Trinajstić information content (AvgIpc) is 3.41. The topological polar surface area (TPSA) is 99.3 Å². The van der Waals surface area contributed by atoms with Gasteiger partial charge in [-0.2, -0.15) is 13.2 Å². The molecule has 2 saturated heterocycles. The molecule has 12 heteroatoms. The van der Waals surface area contributed by atoms with Crippen molar-refractivity contribution in [2.24, 2.45) is 5.92 Å². The second-order valence-corrected chi connectivity index (χ2v) is 10.3. The van der Waals surface area contributed by atoms with Crippen molar-refractivity contribution in [1.82, 2.24) is 20.0 Å². The lowest BCUT2D eigenvalue weighted by molar-refractivity contribution is -0.137. The third-order valence-electron chi connectivity index (χ3n) is 7.24. The Balaban J connectivity index is 1.13. The van der Waals surface area contributed by atoms with Crippen LogP contribution in [-0.2, 0) is 27.1 Å². The number of nitrogens with one attached hydrogen (secondary N) is 1. The highest BCUT2D eigenvalue weighted by Crippen LogP contribution is 2.29. The Morgan fingerprint density at radius 2 is 1.61 bits per heavy atom. The molecule has 220 valence electrons. The number of hydrogen-bond acceptors (Lipinski definition) is 6. The first-order chi connectivity index (χ1) is 19.6. The zero-order valence-corrected chi connectivity index (χ0v) is 22.6. The van der Waals surface area contributed by atoms with Crippen LogP contribution in [-0.4, -0.2) is 90.7 Å². The predicted octanol–water partition coefficient (Wildman–Crippen LogP) is 3.20. The van der Waals surface area contributed by atoms with E-state index >= 15 is 0 Å². The summed E-state index contributed by atoms with van der Waals surface area (Å²) in [6, 6.07) is 13.4. The number of rotatable bonds is 9. The SMILES string of the molecule is O=C(CNC(=O)c1cccc(C(F)(F)F)c1)CC1CCN(CC(=O)N2CCN(C(=O)OCc3ccccc3)CC2)C1. The molecule has 0 spiro atoms. The molecule has 0 aliphatic carbocycles. The van der Waals surface area contributed by atoms with E-state index in [0.29, 0.717) is 39.3 Å². The molecule has 2 fully saturated rings. The smallest absolute Gasteiger partial charge is 0.416 e. The van der Waals surface area contributed by atoms with Crippen LogP contribution in [0.4, 0.5) is 18.0 Å². The molecule has 0 saturated carbocycles. The summed E-state index contributed by atoms with van der Waals surface area (Å²) in [6.45, 7) is 2.97. The Hall–Kier alpha value is -3.93. The normalized spacial score (nSPS) is 17.8. The maximum atomic E-state index is 12.9. The summed E-state index contributed by atoms with van der Waals surface area (Å²) >= 11 is 0. The van der Waals surface area contributed by atoms with Crippen molar-refractivity contribution >= 4 is 23.7 Å². The lowest BCUT2D eigenvalue weighted by Crippen LogP contribution is -2.52. The number of piperazine rings is 1. The van der Waals surface area contributed by atoms with Crippen LogP contribution in [0.3, 0.4) is 0 Å². The zero-order valence-electron chi connectivity index (χ0n) is 22.6. The van der Waals surface area contributed by atoms with Gasteiger partial charge in [0.1, 0.15) is 6.61 Å². The van der Waals surface area contributed by atoms with Gasteiger partial charge in [-0.05, 0) is 42.6 Å². The molecule has 2 aliphatic heterocycles. The van der Waals surface area contributed by atoms with Crippen molar-refractivity contribution in [2.75, 3.05) is 52.4 Å². The number of carbonyl (C=O) groups is 4. The molecule has 2 aliphatic rings. The van der Waals surface area contributed by atoms with Crippen molar-refractivity contribution < 1.29 is 37.1 Å². The maximum Gasteiger partial charge on any atom is 0.416 e. The fourth-order valence-electron chi connectivity index (χ4n) is 4.98. The van der Waals surface area contributed by atoms with Gasteiger partial charge in [0.15, 0.2) is 5.78 Å². The number of nitrogens with zero attached hydrogens (tertiary/aromatic N) is 3. The molecule has 1 unspecified atom stereocenters. The molecular formula is C29H33F3N4O5. The molecule has 0 aromatic heterocycles. The van der Waals surface area contributed by atoms with Gasteiger partial charge in [0.2, 0.25) is 5.91 Å². The summed E-state index contributed by atoms with van der Waals surface area (Å²) in [5, 5.41) is 2.40. The summed E-state index contributed by atoms with van der Waals surface area (Å²) in [5.41, 5.74) is -0.191. The van der Waals surface area contributed by atoms with Crippen molar-refractivity contribution in [3.63, 3.8) is 0 Å². The average molecular weight is 575 g/mol. The first kappa shape index (κ1) is 30.0. The Morgan fingerprint density at radius 3 is 2.32 bits per heavy atom. The molecule has 4 rings (SSSR count). The van der Waals surface area contributed by atoms with Crippen LogP contribution >= 0.6 is 0 Å². The van der Waals surface area contributed by atoms with E-state index < -0.39 is 23.7 Å². The van der Waals surface area contributed by atoms with Gasteiger partial charge >= 0.3 is 12.3 Å². The van der Waals surface area contributed by atoms with Crippen molar-refractivity contribution in [3.05, 3.63) is 71.3 Å². The summed E-state index contributed by atoms with van der Waals surface area (Å²) in [6.07, 6.45) is -4.04. The van der Waals surface area contributed by atoms with Crippen LogP contribution in [0.2, 0.25) is 0 Å². The fourth-order valence-corrected chi connectivity index (χ4v) is 4.98. The fraction of sp³-hybridized carbons (Fsp3) is 0.448. The molecule has 2 aromatic carbocycles. The lowest BCUT2D eigenvalue weighted by Gasteiger charge is -2.34. The number of ketones is 1. The Labute approximate surface area is 236 Å². The quantitative estimate of drug-likeness (QED) is 0.494. The van der Waals surface area contributed by atoms with Gasteiger partial charge in [0.25, 0.3) is 5.91 Å². The predicted molar refractivity (Wildman–Crippen MR) is 143 cm³/mol. The molecule has 2 heterocycles. The second-order valence-electron chi connectivity index (χ2n) is 10.3. The number of benzene rings is 2. The summed E-state index contributed by atoms with van der Waals surface area (Å²) < 4.78 is 44.0. The van der Waals surface area contributed by atoms with E-state index in [2.05, 4.69) is 5.32 Å². The van der Waals surface area contributed by atoms with Gasteiger partial charge in [-0.15, -0.1) is 0 Å². The maximum absolute atomic E-state index is 12.9. The highest BCUT2D eigenvalue weighted by atomic mass is 19.4. The van der Waals surface area contributed by atoms with E-state index in [0.717, 1.165) is 30.2 Å². The number of halogens is 3. The highest BCUT2D eigenvalue weighted by molar-refractivity contribution is 5.97. The first-order valence-electron chi connectivity index (χ1n) is 13.5. The number of alkyl halides is 3. The summed E-state index contributed by atoms with van der Waals surface area (Å²) in [4.78, 5) is 55.1. The Morgan fingerprint density at radius 1 is 0.902 bits per heavy atom. The molecule has 3 amide bonds. The number of ether oxygens (including phenoxy) is 1. The monoisotopic (exact) mass is 574 g/mol. The van der Waals surface area contributed by atoms with Crippen molar-refractivity contribution in [3.8, 4) is 0 Å². The van der Waals surface area contributed by atoms with Gasteiger partial charge in [-0.1, -0.05) is 36.4 Å². The molecule has 2 aromatic rings. The largest absolute Gasteiger partial charge is 0.445 e. The van der Waals surface area contributed by atoms with Crippen LogP contribution in [0.5, 0.6) is 0 Å². The summed E-state index contributed by atoms with van der Waals surface area (Å²) in [7, 11) is 0. The van der Waals surface area contributed by atoms with Crippen LogP contribution in [0.25, 0.3) is 0 Å². The summed E-state index contributed by atoms with van der Waals surface area (Å²) in [5.74, 6) is -0.981. The minimum Gasteiger partial charge on any atom is -0.445 e. The van der Waals surface area contributed by atoms with Crippen LogP contribution < -0.4 is 5.32 Å². The molecule has 0 radical (unpaired) electrons. The third kappa shape index (κ3) is 8.78. The molecule has 1 N–H and O–H groups in total. The Bertz CT molecular complexity index is 1230. The van der Waals surface area contributed by atoms with E-state index in [4.69, 9.17) is 4.74 Å². The van der Waals surface area contributed by atoms with Gasteiger partial charge in [0.05, 0.1) is 18.7 Å². The van der Waals surface area contributed by atoms with E-state index in [9.17, 15) is 32.3 Å². The lowest BCUT2D eigenvalue weighted by atomic mass is 10.0. The van der Waals surface area contributed by atoms with E-state index in [-0.39, 0.29) is 49.3 Å². The minimum atomic E-state index is -4.56. The number of carbonyl (C=O) groups excluding carboxylic acids is 4. The van der Waals surface area contributed by atoms with E-state index in [1.807, 2.05) is 35.2 Å². The van der Waals surface area contributed by atoms with Crippen LogP contribution in [0.1, 0.15) is 34.3 Å². The third-order valence-corrected chi connectivity index (χ3v) is 7.24. The minimum absolute atomic E-state index is 0.0250. The van der Waals surface area contributed by atoms with E-state index in [1.165, 1.54) is 6.07 Å². The van der Waals surface area contributed by atoms with Crippen LogP contribution in [0, 0.1) is 5.92 Å². The molecule has 0 bridgehead atoms. The number of Topliss-reactive ketones (excluding diaryl/α,β-unsaturated/α-hetero) is 1. The number of amides is 3. The standard InChI is InChI=1S/C29H33F3N4O5/c30-29(31,32)24-8-4-7-23(16-24)27(39)33-17-25(37)15-22-9-10-34(18-22)19-26(38)35-11-13-36(14-12-35)28(40)41-20-21-5-2-1-3-6-21/h1-8,16,22H,9-15,17-20H2,(H,33,39). The molecule has 41 heavy (non-hydrogen) atoms. The molecule has 1 atom stereocenters. The zero-order chi connectivity index (χ0) is 29.4. The van der Waals surface area contributed by atoms with Crippen molar-refractivity contribution in [2.45, 2.75) is 25.6 Å². The highest BCUT2D eigenvalue weighted by Gasteiger charge is 2.32. The number of hydrogen-bond donors (Lipinski definition) is 1. The second kappa shape index (κ2) is 13.6. The van der Waals surface area contributed by atoms with Gasteiger partial charge < -0.3 is 19.9 Å². The van der Waals surface area contributed by atoms with Gasteiger partial charge in [-0.25, -0.2) is 4.79 Å². The van der Waals surface area contributed by atoms with Crippen LogP contribution in [0.15, 0.2) is 54.6 Å². The Kier molecular flexibility index (Phi) is 9.98. The molecule has 9 nitrogen and oxygen atoms in total. The molecular weight excluding hydrogens is 541 g/mol. The first-order valence-corrected chi connectivity index (χ1v) is 13.5. The number of likely N-dealkylation sites (tertiary alicyclic amines) is 1. The van der Waals surface area contributed by atoms with E-state index in [1.54, 1.807) is 9.80 Å². The van der Waals surface area contributed by atoms with Gasteiger partial charge in [-0.3, -0.25) is 19.3 Å². The van der Waals surface area contributed by atoms with Gasteiger partial charge in [0, 0.05) is 44.7 Å².